The molecular weight excluding hydrogens is 332 g/mol. The quantitative estimate of drug-likeness (QED) is 0.513. The first-order valence-electron chi connectivity index (χ1n) is 10.5. The molecule has 0 amide bonds. The zero-order chi connectivity index (χ0) is 19.1. The molecule has 0 aliphatic heterocycles. The van der Waals surface area contributed by atoms with E-state index < -0.39 is 0 Å². The molecule has 1 aliphatic carbocycles. The summed E-state index contributed by atoms with van der Waals surface area (Å²) in [5.74, 6) is 4.12. The molecule has 1 unspecified atom stereocenters. The first-order valence-corrected chi connectivity index (χ1v) is 10.5. The first kappa shape index (κ1) is 19.7. The summed E-state index contributed by atoms with van der Waals surface area (Å²) in [5, 5.41) is 0. The van der Waals surface area contributed by atoms with Crippen LogP contribution in [0.5, 0.6) is 11.5 Å². The van der Waals surface area contributed by atoms with Crippen LogP contribution >= 0.6 is 0 Å². The molecule has 0 aromatic heterocycles. The molecule has 0 saturated heterocycles. The lowest BCUT2D eigenvalue weighted by Gasteiger charge is -2.32. The predicted octanol–water partition coefficient (Wildman–Crippen LogP) is 6.83. The third-order valence-electron chi connectivity index (χ3n) is 6.02. The highest BCUT2D eigenvalue weighted by Crippen LogP contribution is 2.36. The van der Waals surface area contributed by atoms with Crippen molar-refractivity contribution < 1.29 is 9.53 Å². The highest BCUT2D eigenvalue weighted by atomic mass is 16.5. The van der Waals surface area contributed by atoms with Crippen LogP contribution in [0.4, 0.5) is 0 Å². The van der Waals surface area contributed by atoms with E-state index in [1.165, 1.54) is 25.7 Å². The Balaban J connectivity index is 1.56. The minimum Gasteiger partial charge on any atom is -0.457 e. The molecule has 27 heavy (non-hydrogen) atoms. The van der Waals surface area contributed by atoms with E-state index in [1.54, 1.807) is 0 Å². The van der Waals surface area contributed by atoms with Gasteiger partial charge in [-0.05, 0) is 60.4 Å². The molecule has 2 nitrogen and oxygen atoms in total. The van der Waals surface area contributed by atoms with Gasteiger partial charge >= 0.3 is 0 Å². The van der Waals surface area contributed by atoms with Crippen LogP contribution in [0.3, 0.4) is 0 Å². The summed E-state index contributed by atoms with van der Waals surface area (Å²) < 4.78 is 5.90. The van der Waals surface area contributed by atoms with Crippen molar-refractivity contribution in [1.82, 2.24) is 0 Å². The van der Waals surface area contributed by atoms with Crippen molar-refractivity contribution >= 4 is 5.78 Å². The Kier molecular flexibility index (Phi) is 7.09. The van der Waals surface area contributed by atoms with Crippen LogP contribution in [-0.4, -0.2) is 5.78 Å². The molecule has 144 valence electrons. The van der Waals surface area contributed by atoms with Gasteiger partial charge in [0.25, 0.3) is 0 Å². The lowest BCUT2D eigenvalue weighted by molar-refractivity contribution is -0.119. The number of para-hydroxylation sites is 1. The minimum atomic E-state index is 0.359. The number of Topliss-reactive ketones (excluding diaryl/α,β-unsaturated/α-hetero) is 1. The van der Waals surface area contributed by atoms with Crippen molar-refractivity contribution in [2.24, 2.45) is 17.8 Å². The van der Waals surface area contributed by atoms with Gasteiger partial charge in [0.1, 0.15) is 17.3 Å². The normalized spacial score (nSPS) is 20.8. The minimum absolute atomic E-state index is 0.359. The smallest absolute Gasteiger partial charge is 0.137 e. The summed E-state index contributed by atoms with van der Waals surface area (Å²) in [6.45, 7) is 4.59. The van der Waals surface area contributed by atoms with E-state index in [0.29, 0.717) is 18.1 Å². The van der Waals surface area contributed by atoms with Crippen LogP contribution in [0.2, 0.25) is 0 Å². The van der Waals surface area contributed by atoms with Crippen molar-refractivity contribution in [2.75, 3.05) is 0 Å². The van der Waals surface area contributed by atoms with Gasteiger partial charge in [-0.3, -0.25) is 4.79 Å². The van der Waals surface area contributed by atoms with Crippen LogP contribution in [0, 0.1) is 17.8 Å². The summed E-state index contributed by atoms with van der Waals surface area (Å²) in [7, 11) is 0. The number of hydrogen-bond donors (Lipinski definition) is 0. The van der Waals surface area contributed by atoms with Crippen LogP contribution in [0.15, 0.2) is 54.6 Å². The van der Waals surface area contributed by atoms with E-state index in [4.69, 9.17) is 4.74 Å². The largest absolute Gasteiger partial charge is 0.457 e. The molecule has 0 radical (unpaired) electrons. The number of ketones is 1. The molecule has 0 N–H and O–H groups in total. The third kappa shape index (κ3) is 5.95. The molecule has 0 spiro atoms. The molecule has 1 fully saturated rings. The van der Waals surface area contributed by atoms with E-state index >= 15 is 0 Å². The molecule has 0 heterocycles. The molecular formula is C25H32O2. The van der Waals surface area contributed by atoms with Gasteiger partial charge in [-0.15, -0.1) is 0 Å². The molecule has 1 saturated carbocycles. The molecule has 1 aliphatic rings. The topological polar surface area (TPSA) is 26.3 Å². The first-order chi connectivity index (χ1) is 13.1. The highest BCUT2D eigenvalue weighted by Gasteiger charge is 2.26. The number of hydrogen-bond acceptors (Lipinski definition) is 2. The van der Waals surface area contributed by atoms with Crippen LogP contribution in [-0.2, 0) is 11.2 Å². The fourth-order valence-corrected chi connectivity index (χ4v) is 4.34. The van der Waals surface area contributed by atoms with Crippen LogP contribution in [0.25, 0.3) is 0 Å². The van der Waals surface area contributed by atoms with Crippen LogP contribution < -0.4 is 4.74 Å². The Morgan fingerprint density at radius 2 is 1.70 bits per heavy atom. The second-order valence-electron chi connectivity index (χ2n) is 8.17. The van der Waals surface area contributed by atoms with Crippen molar-refractivity contribution in [3.8, 4) is 11.5 Å². The number of benzene rings is 2. The van der Waals surface area contributed by atoms with Crippen molar-refractivity contribution in [3.05, 3.63) is 60.2 Å². The van der Waals surface area contributed by atoms with Gasteiger partial charge in [-0.2, -0.15) is 0 Å². The Morgan fingerprint density at radius 1 is 1.00 bits per heavy atom. The number of ether oxygens (including phenoxy) is 1. The Morgan fingerprint density at radius 3 is 2.41 bits per heavy atom. The number of carbonyl (C=O) groups is 1. The summed E-state index contributed by atoms with van der Waals surface area (Å²) >= 11 is 0. The van der Waals surface area contributed by atoms with E-state index in [2.05, 4.69) is 13.8 Å². The molecule has 2 aromatic carbocycles. The maximum Gasteiger partial charge on any atom is 0.137 e. The zero-order valence-electron chi connectivity index (χ0n) is 16.7. The lowest BCUT2D eigenvalue weighted by atomic mass is 9.73. The van der Waals surface area contributed by atoms with E-state index in [1.807, 2.05) is 54.6 Å². The van der Waals surface area contributed by atoms with Gasteiger partial charge in [-0.25, -0.2) is 0 Å². The molecule has 0 bridgehead atoms. The monoisotopic (exact) mass is 364 g/mol. The number of carbonyl (C=O) groups excluding carboxylic acids is 1. The maximum atomic E-state index is 12.7. The average molecular weight is 365 g/mol. The summed E-state index contributed by atoms with van der Waals surface area (Å²) in [5.41, 5.74) is 1.04. The highest BCUT2D eigenvalue weighted by molar-refractivity contribution is 5.81. The van der Waals surface area contributed by atoms with Gasteiger partial charge in [0, 0.05) is 12.8 Å². The van der Waals surface area contributed by atoms with Crippen molar-refractivity contribution in [2.45, 2.75) is 58.8 Å². The second kappa shape index (κ2) is 9.73. The fourth-order valence-electron chi connectivity index (χ4n) is 4.34. The van der Waals surface area contributed by atoms with Crippen molar-refractivity contribution in [1.29, 1.82) is 0 Å². The van der Waals surface area contributed by atoms with Crippen LogP contribution in [0.1, 0.15) is 57.9 Å². The van der Waals surface area contributed by atoms with E-state index in [9.17, 15) is 4.79 Å². The Labute approximate surface area is 164 Å². The predicted molar refractivity (Wildman–Crippen MR) is 111 cm³/mol. The van der Waals surface area contributed by atoms with E-state index in [0.717, 1.165) is 41.7 Å². The van der Waals surface area contributed by atoms with Gasteiger partial charge in [-0.1, -0.05) is 63.4 Å². The standard InChI is InChI=1S/C25H32O2/c1-3-21(22-14-12-19(2)13-15-22)18-23(26)16-20-8-7-11-25(17-20)27-24-9-5-4-6-10-24/h4-11,17,19,21-22H,3,12-16,18H2,1-2H3. The van der Waals surface area contributed by atoms with Gasteiger partial charge < -0.3 is 4.74 Å². The second-order valence-corrected chi connectivity index (χ2v) is 8.17. The molecule has 2 aromatic rings. The van der Waals surface area contributed by atoms with Gasteiger partial charge in [0.05, 0.1) is 0 Å². The summed E-state index contributed by atoms with van der Waals surface area (Å²) in [6, 6.07) is 17.7. The van der Waals surface area contributed by atoms with Gasteiger partial charge in [0.15, 0.2) is 0 Å². The van der Waals surface area contributed by atoms with Crippen molar-refractivity contribution in [3.63, 3.8) is 0 Å². The summed E-state index contributed by atoms with van der Waals surface area (Å²) in [6.07, 6.45) is 7.59. The third-order valence-corrected chi connectivity index (χ3v) is 6.02. The summed E-state index contributed by atoms with van der Waals surface area (Å²) in [4.78, 5) is 12.7. The Bertz CT molecular complexity index is 714. The molecule has 3 rings (SSSR count). The average Bonchev–Trinajstić information content (AvgIpc) is 2.68. The fraction of sp³-hybridized carbons (Fsp3) is 0.480. The van der Waals surface area contributed by atoms with Gasteiger partial charge in [0.2, 0.25) is 0 Å². The maximum absolute atomic E-state index is 12.7. The SMILES string of the molecule is CCC(CC(=O)Cc1cccc(Oc2ccccc2)c1)C1CCC(C)CC1. The van der Waals surface area contributed by atoms with E-state index in [-0.39, 0.29) is 0 Å². The Hall–Kier alpha value is -2.09. The molecule has 2 heteroatoms. The zero-order valence-corrected chi connectivity index (χ0v) is 16.7. The lowest BCUT2D eigenvalue weighted by Crippen LogP contribution is -2.23. The molecule has 1 atom stereocenters. The number of rotatable bonds is 8.